The molecule has 20 heavy (non-hydrogen) atoms. The van der Waals surface area contributed by atoms with E-state index in [-0.39, 0.29) is 5.78 Å². The molecule has 0 aliphatic carbocycles. The van der Waals surface area contributed by atoms with E-state index in [1.807, 2.05) is 38.2 Å². The van der Waals surface area contributed by atoms with Gasteiger partial charge in [-0.1, -0.05) is 19.1 Å². The minimum Gasteiger partial charge on any atom is -0.294 e. The minimum absolute atomic E-state index is 0.113. The van der Waals surface area contributed by atoms with Gasteiger partial charge in [-0.05, 0) is 40.7 Å². The van der Waals surface area contributed by atoms with E-state index in [1.54, 1.807) is 16.4 Å². The Morgan fingerprint density at radius 3 is 2.50 bits per heavy atom. The molecule has 0 saturated heterocycles. The Balaban J connectivity index is 2.15. The van der Waals surface area contributed by atoms with Gasteiger partial charge in [0.15, 0.2) is 5.78 Å². The van der Waals surface area contributed by atoms with Crippen LogP contribution >= 0.6 is 27.7 Å². The Labute approximate surface area is 131 Å². The number of carbonyl (C=O) groups is 1. The van der Waals surface area contributed by atoms with Gasteiger partial charge in [-0.25, -0.2) is 0 Å². The van der Waals surface area contributed by atoms with Crippen LogP contribution in [0.25, 0.3) is 0 Å². The van der Waals surface area contributed by atoms with Crippen LogP contribution < -0.4 is 0 Å². The van der Waals surface area contributed by atoms with E-state index in [9.17, 15) is 4.79 Å². The lowest BCUT2D eigenvalue weighted by Crippen LogP contribution is -2.08. The Morgan fingerprint density at radius 2 is 2.00 bits per heavy atom. The van der Waals surface area contributed by atoms with E-state index in [1.165, 1.54) is 4.90 Å². The molecule has 0 radical (unpaired) electrons. The number of aryl methyl sites for hydroxylation is 2. The van der Waals surface area contributed by atoms with Crippen molar-refractivity contribution in [2.75, 3.05) is 5.75 Å². The highest BCUT2D eigenvalue weighted by Gasteiger charge is 2.15. The van der Waals surface area contributed by atoms with Crippen LogP contribution in [0.2, 0.25) is 0 Å². The number of Topliss-reactive ketones (excluding diaryl/α,β-unsaturated/α-hetero) is 1. The fourth-order valence-corrected chi connectivity index (χ4v) is 3.17. The molecule has 0 unspecified atom stereocenters. The number of hydrogen-bond acceptors (Lipinski definition) is 3. The van der Waals surface area contributed by atoms with E-state index in [2.05, 4.69) is 28.0 Å². The van der Waals surface area contributed by atoms with Crippen molar-refractivity contribution in [3.63, 3.8) is 0 Å². The normalized spacial score (nSPS) is 10.8. The number of rotatable bonds is 5. The molecule has 0 saturated carbocycles. The first kappa shape index (κ1) is 15.3. The van der Waals surface area contributed by atoms with E-state index < -0.39 is 0 Å². The fourth-order valence-electron chi connectivity index (χ4n) is 2.03. The summed E-state index contributed by atoms with van der Waals surface area (Å²) in [6.07, 6.45) is 0.359. The van der Waals surface area contributed by atoms with Gasteiger partial charge in [0.1, 0.15) is 0 Å². The molecule has 0 N–H and O–H groups in total. The molecule has 5 heteroatoms. The summed E-state index contributed by atoms with van der Waals surface area (Å²) in [6, 6.07) is 7.81. The highest BCUT2D eigenvalue weighted by molar-refractivity contribution is 9.10. The van der Waals surface area contributed by atoms with Crippen molar-refractivity contribution in [2.24, 2.45) is 7.05 Å². The third kappa shape index (κ3) is 3.33. The Bertz CT molecular complexity index is 620. The summed E-state index contributed by atoms with van der Waals surface area (Å²) in [5.41, 5.74) is 2.57. The average molecular weight is 353 g/mol. The number of thioether (sulfide) groups is 1. The first-order valence-corrected chi connectivity index (χ1v) is 8.24. The van der Waals surface area contributed by atoms with Crippen molar-refractivity contribution in [2.45, 2.75) is 25.2 Å². The summed E-state index contributed by atoms with van der Waals surface area (Å²) in [4.78, 5) is 13.5. The molecule has 0 fully saturated rings. The van der Waals surface area contributed by atoms with Crippen molar-refractivity contribution >= 4 is 33.5 Å². The molecule has 0 aliphatic heterocycles. The van der Waals surface area contributed by atoms with Gasteiger partial charge >= 0.3 is 0 Å². The van der Waals surface area contributed by atoms with Crippen molar-refractivity contribution in [1.82, 2.24) is 9.78 Å². The van der Waals surface area contributed by atoms with Crippen molar-refractivity contribution < 1.29 is 4.79 Å². The van der Waals surface area contributed by atoms with Gasteiger partial charge in [0.25, 0.3) is 0 Å². The number of nitrogens with zero attached hydrogens (tertiary/aromatic N) is 2. The number of halogens is 1. The van der Waals surface area contributed by atoms with Gasteiger partial charge < -0.3 is 0 Å². The van der Waals surface area contributed by atoms with Crippen LogP contribution in [0.1, 0.15) is 28.7 Å². The molecule has 0 atom stereocenters. The second-order valence-electron chi connectivity index (χ2n) is 4.53. The molecule has 0 aliphatic rings. The maximum absolute atomic E-state index is 12.3. The highest BCUT2D eigenvalue weighted by Crippen LogP contribution is 2.23. The van der Waals surface area contributed by atoms with Gasteiger partial charge in [0, 0.05) is 17.5 Å². The van der Waals surface area contributed by atoms with Gasteiger partial charge in [0.2, 0.25) is 0 Å². The summed E-state index contributed by atoms with van der Waals surface area (Å²) in [5.74, 6) is 1.15. The van der Waals surface area contributed by atoms with Gasteiger partial charge in [-0.2, -0.15) is 5.10 Å². The molecule has 2 aromatic rings. The van der Waals surface area contributed by atoms with Crippen molar-refractivity contribution in [3.05, 3.63) is 45.7 Å². The minimum atomic E-state index is 0.113. The highest BCUT2D eigenvalue weighted by atomic mass is 79.9. The summed E-state index contributed by atoms with van der Waals surface area (Å²) >= 11 is 5.27. The number of aromatic nitrogens is 2. The molecule has 106 valence electrons. The van der Waals surface area contributed by atoms with E-state index in [4.69, 9.17) is 0 Å². The average Bonchev–Trinajstić information content (AvgIpc) is 2.66. The van der Waals surface area contributed by atoms with Crippen LogP contribution in [0.3, 0.4) is 0 Å². The molecule has 1 aromatic heterocycles. The van der Waals surface area contributed by atoms with Crippen LogP contribution in [-0.4, -0.2) is 21.3 Å². The first-order chi connectivity index (χ1) is 9.52. The van der Waals surface area contributed by atoms with Crippen molar-refractivity contribution in [3.8, 4) is 0 Å². The zero-order valence-electron chi connectivity index (χ0n) is 11.8. The molecular formula is C15H17BrN2OS. The van der Waals surface area contributed by atoms with Crippen LogP contribution in [-0.2, 0) is 13.5 Å². The maximum atomic E-state index is 12.3. The molecule has 1 aromatic carbocycles. The van der Waals surface area contributed by atoms with E-state index >= 15 is 0 Å². The van der Waals surface area contributed by atoms with Crippen LogP contribution in [0.4, 0.5) is 0 Å². The third-order valence-electron chi connectivity index (χ3n) is 3.08. The monoisotopic (exact) mass is 352 g/mol. The second kappa shape index (κ2) is 6.59. The van der Waals surface area contributed by atoms with Crippen LogP contribution in [0.5, 0.6) is 0 Å². The number of benzene rings is 1. The summed E-state index contributed by atoms with van der Waals surface area (Å²) in [6.45, 7) is 4.04. The third-order valence-corrected chi connectivity index (χ3v) is 5.00. The summed E-state index contributed by atoms with van der Waals surface area (Å²) in [7, 11) is 1.86. The maximum Gasteiger partial charge on any atom is 0.168 e. The predicted octanol–water partition coefficient (Wildman–Crippen LogP) is 4.03. The zero-order valence-corrected chi connectivity index (χ0v) is 14.2. The van der Waals surface area contributed by atoms with Gasteiger partial charge in [-0.15, -0.1) is 11.8 Å². The Hall–Kier alpha value is -1.07. The quantitative estimate of drug-likeness (QED) is 0.601. The number of carbonyl (C=O) groups excluding carboxylic acids is 1. The molecule has 0 bridgehead atoms. The van der Waals surface area contributed by atoms with E-state index in [0.29, 0.717) is 6.42 Å². The van der Waals surface area contributed by atoms with Crippen LogP contribution in [0.15, 0.2) is 33.6 Å². The second-order valence-corrected chi connectivity index (χ2v) is 6.66. The number of ketones is 1. The topological polar surface area (TPSA) is 34.9 Å². The largest absolute Gasteiger partial charge is 0.294 e. The summed E-state index contributed by atoms with van der Waals surface area (Å²) in [5, 5.41) is 4.31. The lowest BCUT2D eigenvalue weighted by atomic mass is 10.1. The Kier molecular flexibility index (Phi) is 5.05. The van der Waals surface area contributed by atoms with Gasteiger partial charge in [0.05, 0.1) is 22.3 Å². The SMILES string of the molecule is CCSc1ccc(C(=O)Cc2c(Br)c(C)nn2C)cc1. The molecule has 1 heterocycles. The van der Waals surface area contributed by atoms with E-state index in [0.717, 1.165) is 27.2 Å². The van der Waals surface area contributed by atoms with Crippen molar-refractivity contribution in [1.29, 1.82) is 0 Å². The summed E-state index contributed by atoms with van der Waals surface area (Å²) < 4.78 is 2.69. The fraction of sp³-hybridized carbons (Fsp3) is 0.333. The molecule has 2 rings (SSSR count). The first-order valence-electron chi connectivity index (χ1n) is 6.47. The van der Waals surface area contributed by atoms with Gasteiger partial charge in [-0.3, -0.25) is 9.48 Å². The molecular weight excluding hydrogens is 336 g/mol. The lowest BCUT2D eigenvalue weighted by Gasteiger charge is -2.04. The smallest absolute Gasteiger partial charge is 0.168 e. The Morgan fingerprint density at radius 1 is 1.35 bits per heavy atom. The zero-order chi connectivity index (χ0) is 14.7. The standard InChI is InChI=1S/C15H17BrN2OS/c1-4-20-12-7-5-11(6-8-12)14(19)9-13-15(16)10(2)17-18(13)3/h5-8H,4,9H2,1-3H3. The lowest BCUT2D eigenvalue weighted by molar-refractivity contribution is 0.0990. The molecule has 0 spiro atoms. The molecule has 0 amide bonds. The molecule has 3 nitrogen and oxygen atoms in total. The predicted molar refractivity (Wildman–Crippen MR) is 86.5 cm³/mol. The number of hydrogen-bond donors (Lipinski definition) is 0. The van der Waals surface area contributed by atoms with Crippen LogP contribution in [0, 0.1) is 6.92 Å².